The molecule has 1 aromatic heterocycles. The highest BCUT2D eigenvalue weighted by atomic mass is 16.5. The van der Waals surface area contributed by atoms with Gasteiger partial charge in [-0.25, -0.2) is 4.98 Å². The maximum Gasteiger partial charge on any atom is 0.147 e. The minimum Gasteiger partial charge on any atom is -0.497 e. The number of benzene rings is 1. The molecule has 0 unspecified atom stereocenters. The van der Waals surface area contributed by atoms with Crippen LogP contribution in [0, 0.1) is 11.3 Å². The zero-order chi connectivity index (χ0) is 14.8. The summed E-state index contributed by atoms with van der Waals surface area (Å²) < 4.78 is 5.25. The van der Waals surface area contributed by atoms with Crippen LogP contribution < -0.4 is 9.64 Å². The molecule has 0 amide bonds. The molecule has 1 fully saturated rings. The monoisotopic (exact) mass is 282 g/mol. The lowest BCUT2D eigenvalue weighted by Gasteiger charge is -2.33. The molecule has 0 saturated carbocycles. The first-order valence-electron chi connectivity index (χ1n) is 7.03. The minimum absolute atomic E-state index is 0.636. The fourth-order valence-corrected chi connectivity index (χ4v) is 2.61. The highest BCUT2D eigenvalue weighted by Crippen LogP contribution is 2.26. The summed E-state index contributed by atoms with van der Waals surface area (Å²) in [5.41, 5.74) is 1.50. The van der Waals surface area contributed by atoms with E-state index in [0.29, 0.717) is 5.56 Å². The summed E-state index contributed by atoms with van der Waals surface area (Å²) >= 11 is 0. The first-order chi connectivity index (χ1) is 10.2. The average Bonchev–Trinajstić information content (AvgIpc) is 2.53. The number of aromatic nitrogens is 1. The van der Waals surface area contributed by atoms with E-state index in [1.165, 1.54) is 0 Å². The van der Waals surface area contributed by atoms with Crippen molar-refractivity contribution in [2.24, 2.45) is 0 Å². The van der Waals surface area contributed by atoms with E-state index in [2.05, 4.69) is 22.9 Å². The quantitative estimate of drug-likeness (QED) is 0.841. The predicted octanol–water partition coefficient (Wildman–Crippen LogP) is 1.87. The van der Waals surface area contributed by atoms with Crippen molar-refractivity contribution < 1.29 is 4.74 Å². The van der Waals surface area contributed by atoms with Crippen molar-refractivity contribution in [3.8, 4) is 11.8 Å². The third-order valence-electron chi connectivity index (χ3n) is 3.93. The third-order valence-corrected chi connectivity index (χ3v) is 3.93. The van der Waals surface area contributed by atoms with Crippen LogP contribution in [0.2, 0.25) is 0 Å². The normalized spacial score (nSPS) is 16.0. The van der Waals surface area contributed by atoms with Gasteiger partial charge in [0.05, 0.1) is 18.2 Å². The van der Waals surface area contributed by atoms with Crippen LogP contribution in [-0.2, 0) is 0 Å². The average molecular weight is 282 g/mol. The van der Waals surface area contributed by atoms with E-state index >= 15 is 0 Å². The number of hydrogen-bond donors (Lipinski definition) is 0. The highest BCUT2D eigenvalue weighted by Gasteiger charge is 2.19. The molecule has 1 aliphatic rings. The van der Waals surface area contributed by atoms with Crippen molar-refractivity contribution in [2.75, 3.05) is 45.2 Å². The number of piperazine rings is 1. The Morgan fingerprint density at radius 3 is 2.62 bits per heavy atom. The first kappa shape index (κ1) is 13.7. The van der Waals surface area contributed by atoms with Crippen LogP contribution in [-0.4, -0.2) is 50.2 Å². The molecule has 0 radical (unpaired) electrons. The fourth-order valence-electron chi connectivity index (χ4n) is 2.61. The lowest BCUT2D eigenvalue weighted by atomic mass is 10.1. The Hall–Kier alpha value is -2.32. The number of ether oxygens (including phenoxy) is 1. The minimum atomic E-state index is 0.636. The van der Waals surface area contributed by atoms with E-state index < -0.39 is 0 Å². The van der Waals surface area contributed by atoms with E-state index in [1.54, 1.807) is 7.11 Å². The van der Waals surface area contributed by atoms with Crippen molar-refractivity contribution in [1.82, 2.24) is 9.88 Å². The van der Waals surface area contributed by atoms with E-state index in [4.69, 9.17) is 9.72 Å². The van der Waals surface area contributed by atoms with Crippen LogP contribution in [0.3, 0.4) is 0 Å². The number of fused-ring (bicyclic) bond motifs is 1. The lowest BCUT2D eigenvalue weighted by Crippen LogP contribution is -2.45. The van der Waals surface area contributed by atoms with Crippen molar-refractivity contribution >= 4 is 16.7 Å². The predicted molar refractivity (Wildman–Crippen MR) is 82.7 cm³/mol. The van der Waals surface area contributed by atoms with E-state index in [1.807, 2.05) is 24.3 Å². The number of hydrogen-bond acceptors (Lipinski definition) is 5. The smallest absolute Gasteiger partial charge is 0.147 e. The molecule has 0 N–H and O–H groups in total. The van der Waals surface area contributed by atoms with Gasteiger partial charge in [-0.15, -0.1) is 0 Å². The van der Waals surface area contributed by atoms with Crippen LogP contribution in [0.5, 0.6) is 5.75 Å². The molecule has 5 nitrogen and oxygen atoms in total. The third kappa shape index (κ3) is 2.63. The van der Waals surface area contributed by atoms with Gasteiger partial charge >= 0.3 is 0 Å². The van der Waals surface area contributed by atoms with Gasteiger partial charge in [-0.3, -0.25) is 0 Å². The van der Waals surface area contributed by atoms with E-state index in [-0.39, 0.29) is 0 Å². The van der Waals surface area contributed by atoms with Gasteiger partial charge < -0.3 is 14.5 Å². The summed E-state index contributed by atoms with van der Waals surface area (Å²) in [4.78, 5) is 9.18. The SMILES string of the molecule is COc1ccc2cc(C#N)c(N3CCN(C)CC3)nc2c1. The number of pyridine rings is 1. The molecule has 1 aliphatic heterocycles. The number of nitriles is 1. The second-order valence-corrected chi connectivity index (χ2v) is 5.32. The van der Waals surface area contributed by atoms with Crippen LogP contribution in [0.1, 0.15) is 5.56 Å². The molecule has 2 aromatic rings. The van der Waals surface area contributed by atoms with E-state index in [0.717, 1.165) is 48.6 Å². The molecule has 0 bridgehead atoms. The summed E-state index contributed by atoms with van der Waals surface area (Å²) in [5, 5.41) is 10.4. The standard InChI is InChI=1S/C16H18N4O/c1-19-5-7-20(8-6-19)16-13(11-17)9-12-3-4-14(21-2)10-15(12)18-16/h3-4,9-10H,5-8H2,1-2H3. The Morgan fingerprint density at radius 2 is 1.95 bits per heavy atom. The second-order valence-electron chi connectivity index (χ2n) is 5.32. The van der Waals surface area contributed by atoms with Crippen molar-refractivity contribution in [3.63, 3.8) is 0 Å². The maximum absolute atomic E-state index is 9.41. The maximum atomic E-state index is 9.41. The van der Waals surface area contributed by atoms with Gasteiger partial charge in [0, 0.05) is 37.6 Å². The van der Waals surface area contributed by atoms with Crippen molar-refractivity contribution in [3.05, 3.63) is 29.8 Å². The molecule has 2 heterocycles. The lowest BCUT2D eigenvalue weighted by molar-refractivity contribution is 0.312. The Balaban J connectivity index is 2.05. The van der Waals surface area contributed by atoms with Crippen LogP contribution in [0.25, 0.3) is 10.9 Å². The molecule has 0 atom stereocenters. The van der Waals surface area contributed by atoms with Gasteiger partial charge in [-0.05, 0) is 25.2 Å². The molecule has 0 aliphatic carbocycles. The van der Waals surface area contributed by atoms with Crippen LogP contribution in [0.15, 0.2) is 24.3 Å². The summed E-state index contributed by atoms with van der Waals surface area (Å²) in [6.45, 7) is 3.77. The molecular formula is C16H18N4O. The van der Waals surface area contributed by atoms with E-state index in [9.17, 15) is 5.26 Å². The summed E-state index contributed by atoms with van der Waals surface area (Å²) in [5.74, 6) is 1.57. The molecule has 1 aromatic carbocycles. The van der Waals surface area contributed by atoms with Gasteiger partial charge in [0.2, 0.25) is 0 Å². The zero-order valence-electron chi connectivity index (χ0n) is 12.3. The number of nitrogens with zero attached hydrogens (tertiary/aromatic N) is 4. The summed E-state index contributed by atoms with van der Waals surface area (Å²) in [7, 11) is 3.76. The number of rotatable bonds is 2. The van der Waals surface area contributed by atoms with Crippen LogP contribution >= 0.6 is 0 Å². The van der Waals surface area contributed by atoms with Crippen molar-refractivity contribution in [2.45, 2.75) is 0 Å². The Morgan fingerprint density at radius 1 is 1.19 bits per heavy atom. The van der Waals surface area contributed by atoms with Gasteiger partial charge in [-0.2, -0.15) is 5.26 Å². The largest absolute Gasteiger partial charge is 0.497 e. The van der Waals surface area contributed by atoms with Gasteiger partial charge in [0.25, 0.3) is 0 Å². The zero-order valence-corrected chi connectivity index (χ0v) is 12.3. The molecule has 0 spiro atoms. The fraction of sp³-hybridized carbons (Fsp3) is 0.375. The van der Waals surface area contributed by atoms with Crippen LogP contribution in [0.4, 0.5) is 5.82 Å². The van der Waals surface area contributed by atoms with Crippen molar-refractivity contribution in [1.29, 1.82) is 5.26 Å². The number of anilines is 1. The number of methoxy groups -OCH3 is 1. The summed E-state index contributed by atoms with van der Waals surface area (Å²) in [6.07, 6.45) is 0. The Labute approximate surface area is 124 Å². The molecule has 3 rings (SSSR count). The Kier molecular flexibility index (Phi) is 3.63. The number of likely N-dealkylation sites (N-methyl/N-ethyl adjacent to an activating group) is 1. The Bertz CT molecular complexity index is 699. The topological polar surface area (TPSA) is 52.4 Å². The first-order valence-corrected chi connectivity index (χ1v) is 7.03. The van der Waals surface area contributed by atoms with Gasteiger partial charge in [-0.1, -0.05) is 0 Å². The molecule has 5 heteroatoms. The molecule has 108 valence electrons. The second kappa shape index (κ2) is 5.58. The van der Waals surface area contributed by atoms with Gasteiger partial charge in [0.15, 0.2) is 0 Å². The molecular weight excluding hydrogens is 264 g/mol. The highest BCUT2D eigenvalue weighted by molar-refractivity contribution is 5.84. The summed E-state index contributed by atoms with van der Waals surface area (Å²) in [6, 6.07) is 9.93. The van der Waals surface area contributed by atoms with Gasteiger partial charge in [0.1, 0.15) is 17.6 Å². The molecule has 1 saturated heterocycles. The molecule has 21 heavy (non-hydrogen) atoms.